The van der Waals surface area contributed by atoms with Crippen LogP contribution >= 0.6 is 11.8 Å². The van der Waals surface area contributed by atoms with Crippen LogP contribution in [-0.4, -0.2) is 78.0 Å². The highest BCUT2D eigenvalue weighted by Crippen LogP contribution is 2.66. The zero-order chi connectivity index (χ0) is 24.7. The van der Waals surface area contributed by atoms with Crippen LogP contribution in [0.4, 0.5) is 0 Å². The number of benzene rings is 1. The summed E-state index contributed by atoms with van der Waals surface area (Å²) in [4.78, 5) is 42.3. The van der Waals surface area contributed by atoms with E-state index >= 15 is 0 Å². The molecule has 5 rings (SSSR count). The number of para-hydroxylation sites is 1. The molecule has 2 unspecified atom stereocenters. The molecule has 3 N–H and O–H groups in total. The summed E-state index contributed by atoms with van der Waals surface area (Å²) in [5.41, 5.74) is 1.53. The van der Waals surface area contributed by atoms with Crippen LogP contribution < -0.4 is 10.6 Å². The van der Waals surface area contributed by atoms with Crippen molar-refractivity contribution in [3.8, 4) is 0 Å². The lowest BCUT2D eigenvalue weighted by atomic mass is 9.70. The van der Waals surface area contributed by atoms with Crippen molar-refractivity contribution in [2.45, 2.75) is 68.3 Å². The standard InChI is InChI=1S/C24H32N6O4S/c1-3-11-25-21(32)18-17-9-10-24(35-17)19(18)23(34)30(14(4-2)12-31)20(24)22(33)26-13-29-16-8-6-5-7-15(16)27-28-29/h5-8,14,17-20,31H,3-4,9-13H2,1-2H3,(H,25,32)(H,26,33)/t14-,17-,18+,19-,20?,24?/m0/s1. The number of carbonyl (C=O) groups excluding carboxylic acids is 3. The molecule has 3 saturated heterocycles. The Morgan fingerprint density at radius 1 is 1.26 bits per heavy atom. The van der Waals surface area contributed by atoms with Gasteiger partial charge in [0.05, 0.1) is 34.7 Å². The number of nitrogens with zero attached hydrogens (tertiary/aromatic N) is 4. The van der Waals surface area contributed by atoms with Gasteiger partial charge in [-0.3, -0.25) is 14.4 Å². The topological polar surface area (TPSA) is 129 Å². The fraction of sp³-hybridized carbons (Fsp3) is 0.625. The van der Waals surface area contributed by atoms with Crippen LogP contribution in [0.3, 0.4) is 0 Å². The van der Waals surface area contributed by atoms with Crippen LogP contribution in [0, 0.1) is 11.8 Å². The lowest BCUT2D eigenvalue weighted by Crippen LogP contribution is -2.56. The normalized spacial score (nSPS) is 30.0. The average molecular weight is 501 g/mol. The van der Waals surface area contributed by atoms with Crippen LogP contribution in [0.15, 0.2) is 24.3 Å². The average Bonchev–Trinajstić information content (AvgIpc) is 3.61. The number of carbonyl (C=O) groups is 3. The summed E-state index contributed by atoms with van der Waals surface area (Å²) >= 11 is 1.63. The number of aromatic nitrogens is 3. The van der Waals surface area contributed by atoms with E-state index in [9.17, 15) is 19.5 Å². The monoisotopic (exact) mass is 500 g/mol. The molecule has 188 valence electrons. The lowest BCUT2D eigenvalue weighted by Gasteiger charge is -2.36. The van der Waals surface area contributed by atoms with Gasteiger partial charge in [0.2, 0.25) is 17.7 Å². The fourth-order valence-corrected chi connectivity index (χ4v) is 8.35. The van der Waals surface area contributed by atoms with Crippen LogP contribution in [0.5, 0.6) is 0 Å². The van der Waals surface area contributed by atoms with Gasteiger partial charge in [0.25, 0.3) is 0 Å². The maximum absolute atomic E-state index is 13.9. The van der Waals surface area contributed by atoms with Gasteiger partial charge in [0, 0.05) is 11.8 Å². The van der Waals surface area contributed by atoms with Gasteiger partial charge in [-0.25, -0.2) is 4.68 Å². The van der Waals surface area contributed by atoms with Gasteiger partial charge < -0.3 is 20.6 Å². The summed E-state index contributed by atoms with van der Waals surface area (Å²) in [6, 6.07) is 6.26. The zero-order valence-electron chi connectivity index (χ0n) is 20.0. The number of hydrogen-bond acceptors (Lipinski definition) is 7. The van der Waals surface area contributed by atoms with Crippen molar-refractivity contribution < 1.29 is 19.5 Å². The smallest absolute Gasteiger partial charge is 0.245 e. The van der Waals surface area contributed by atoms with Gasteiger partial charge in [-0.1, -0.05) is 31.2 Å². The highest BCUT2D eigenvalue weighted by Gasteiger charge is 2.74. The molecular formula is C24H32N6O4S. The zero-order valence-corrected chi connectivity index (χ0v) is 20.8. The van der Waals surface area contributed by atoms with E-state index in [1.54, 1.807) is 21.3 Å². The maximum atomic E-state index is 13.9. The molecule has 3 aliphatic rings. The SMILES string of the molecule is CCCNC(=O)[C@@H]1[C@@H]2CCC3(S2)C(C(=O)NCn2nnc4ccccc42)N([C@@H](CC)CO)C(=O)[C@H]13. The molecule has 1 aromatic carbocycles. The molecule has 6 atom stereocenters. The molecule has 4 heterocycles. The molecule has 1 spiro atoms. The summed E-state index contributed by atoms with van der Waals surface area (Å²) < 4.78 is 0.945. The molecular weight excluding hydrogens is 468 g/mol. The minimum atomic E-state index is -0.758. The highest BCUT2D eigenvalue weighted by atomic mass is 32.2. The molecule has 3 fully saturated rings. The first-order chi connectivity index (χ1) is 17.0. The summed E-state index contributed by atoms with van der Waals surface area (Å²) in [6.45, 7) is 4.33. The number of nitrogens with one attached hydrogen (secondary N) is 2. The lowest BCUT2D eigenvalue weighted by molar-refractivity contribution is -0.142. The van der Waals surface area contributed by atoms with E-state index in [2.05, 4.69) is 20.9 Å². The Labute approximate surface area is 208 Å². The van der Waals surface area contributed by atoms with Crippen molar-refractivity contribution in [1.82, 2.24) is 30.5 Å². The van der Waals surface area contributed by atoms with E-state index in [-0.39, 0.29) is 36.2 Å². The van der Waals surface area contributed by atoms with Crippen molar-refractivity contribution in [2.75, 3.05) is 13.2 Å². The Bertz CT molecular complexity index is 1140. The number of likely N-dealkylation sites (tertiary alicyclic amines) is 1. The number of amides is 3. The first-order valence-corrected chi connectivity index (χ1v) is 13.3. The molecule has 2 bridgehead atoms. The minimum absolute atomic E-state index is 0.0201. The second-order valence-electron chi connectivity index (χ2n) is 9.61. The molecule has 0 saturated carbocycles. The summed E-state index contributed by atoms with van der Waals surface area (Å²) in [5, 5.41) is 24.3. The predicted octanol–water partition coefficient (Wildman–Crippen LogP) is 0.893. The quantitative estimate of drug-likeness (QED) is 0.466. The minimum Gasteiger partial charge on any atom is -0.394 e. The largest absolute Gasteiger partial charge is 0.394 e. The molecule has 35 heavy (non-hydrogen) atoms. The third-order valence-corrected chi connectivity index (χ3v) is 9.69. The van der Waals surface area contributed by atoms with Gasteiger partial charge >= 0.3 is 0 Å². The molecule has 0 aliphatic carbocycles. The van der Waals surface area contributed by atoms with Crippen LogP contribution in [0.25, 0.3) is 11.0 Å². The molecule has 1 aromatic heterocycles. The van der Waals surface area contributed by atoms with Crippen LogP contribution in [-0.2, 0) is 21.1 Å². The molecule has 3 aliphatic heterocycles. The number of thioether (sulfide) groups is 1. The van der Waals surface area contributed by atoms with Crippen molar-refractivity contribution in [3.05, 3.63) is 24.3 Å². The van der Waals surface area contributed by atoms with Crippen LogP contribution in [0.2, 0.25) is 0 Å². The van der Waals surface area contributed by atoms with Crippen molar-refractivity contribution >= 4 is 40.5 Å². The summed E-state index contributed by atoms with van der Waals surface area (Å²) in [7, 11) is 0. The van der Waals surface area contributed by atoms with E-state index in [0.29, 0.717) is 19.4 Å². The highest BCUT2D eigenvalue weighted by molar-refractivity contribution is 8.02. The Morgan fingerprint density at radius 3 is 2.80 bits per heavy atom. The number of hydrogen-bond donors (Lipinski definition) is 3. The van der Waals surface area contributed by atoms with Crippen LogP contribution in [0.1, 0.15) is 39.5 Å². The number of aliphatic hydroxyl groups is 1. The fourth-order valence-electron chi connectivity index (χ4n) is 6.15. The van der Waals surface area contributed by atoms with E-state index in [0.717, 1.165) is 23.9 Å². The van der Waals surface area contributed by atoms with Crippen molar-refractivity contribution in [3.63, 3.8) is 0 Å². The molecule has 10 nitrogen and oxygen atoms in total. The Balaban J connectivity index is 1.45. The van der Waals surface area contributed by atoms with Gasteiger partial charge in [-0.2, -0.15) is 0 Å². The third kappa shape index (κ3) is 3.70. The van der Waals surface area contributed by atoms with Crippen molar-refractivity contribution in [2.24, 2.45) is 11.8 Å². The van der Waals surface area contributed by atoms with E-state index in [4.69, 9.17) is 0 Å². The van der Waals surface area contributed by atoms with Crippen molar-refractivity contribution in [1.29, 1.82) is 0 Å². The molecule has 3 amide bonds. The molecule has 0 radical (unpaired) electrons. The summed E-state index contributed by atoms with van der Waals surface area (Å²) in [5.74, 6) is -1.59. The number of fused-ring (bicyclic) bond motifs is 2. The second kappa shape index (κ2) is 9.42. The van der Waals surface area contributed by atoms with Gasteiger partial charge in [-0.15, -0.1) is 16.9 Å². The summed E-state index contributed by atoms with van der Waals surface area (Å²) in [6.07, 6.45) is 2.82. The first kappa shape index (κ1) is 24.1. The first-order valence-electron chi connectivity index (χ1n) is 12.4. The van der Waals surface area contributed by atoms with Gasteiger partial charge in [-0.05, 0) is 37.8 Å². The predicted molar refractivity (Wildman–Crippen MR) is 131 cm³/mol. The Kier molecular flexibility index (Phi) is 6.47. The Morgan fingerprint density at radius 2 is 2.06 bits per heavy atom. The Hall–Kier alpha value is -2.66. The van der Waals surface area contributed by atoms with E-state index in [1.807, 2.05) is 38.1 Å². The molecule has 11 heteroatoms. The second-order valence-corrected chi connectivity index (χ2v) is 11.2. The third-order valence-electron chi connectivity index (χ3n) is 7.74. The number of rotatable bonds is 9. The number of aliphatic hydroxyl groups excluding tert-OH is 1. The van der Waals surface area contributed by atoms with E-state index in [1.165, 1.54) is 0 Å². The van der Waals surface area contributed by atoms with Gasteiger partial charge in [0.15, 0.2) is 0 Å². The molecule has 2 aromatic rings. The van der Waals surface area contributed by atoms with Gasteiger partial charge in [0.1, 0.15) is 18.2 Å². The maximum Gasteiger partial charge on any atom is 0.245 e. The van der Waals surface area contributed by atoms with E-state index < -0.39 is 28.7 Å².